The van der Waals surface area contributed by atoms with Gasteiger partial charge in [0, 0.05) is 0 Å². The minimum atomic E-state index is -0.981. The molecule has 0 heterocycles. The number of carbonyl (C=O) groups is 1. The molecular weight excluding hydrogens is 220 g/mol. The Bertz CT molecular complexity index is 388. The van der Waals surface area contributed by atoms with E-state index in [1.807, 2.05) is 18.2 Å². The molecule has 0 aliphatic carbocycles. The monoisotopic (exact) mass is 236 g/mol. The predicted molar refractivity (Wildman–Crippen MR) is 65.8 cm³/mol. The first kappa shape index (κ1) is 13.2. The highest BCUT2D eigenvalue weighted by molar-refractivity contribution is 6.38. The van der Waals surface area contributed by atoms with E-state index in [9.17, 15) is 9.90 Å². The summed E-state index contributed by atoms with van der Waals surface area (Å²) in [7, 11) is 0. The lowest BCUT2D eigenvalue weighted by molar-refractivity contribution is -0.135. The Morgan fingerprint density at radius 2 is 2.12 bits per heavy atom. The van der Waals surface area contributed by atoms with Crippen molar-refractivity contribution in [2.24, 2.45) is 5.10 Å². The number of anilines is 1. The highest BCUT2D eigenvalue weighted by Crippen LogP contribution is 2.05. The minimum absolute atomic E-state index is 0.0456. The average molecular weight is 236 g/mol. The Hall–Kier alpha value is -1.88. The lowest BCUT2D eigenvalue weighted by Gasteiger charge is -2.08. The molecule has 92 valence electrons. The summed E-state index contributed by atoms with van der Waals surface area (Å²) >= 11 is 0. The molecule has 1 rings (SSSR count). The average Bonchev–Trinajstić information content (AvgIpc) is 2.30. The van der Waals surface area contributed by atoms with Gasteiger partial charge in [0.25, 0.3) is 0 Å². The number of hydrazone groups is 1. The van der Waals surface area contributed by atoms with Crippen LogP contribution in [0.5, 0.6) is 0 Å². The van der Waals surface area contributed by atoms with Crippen molar-refractivity contribution in [2.45, 2.75) is 20.0 Å². The first-order valence-electron chi connectivity index (χ1n) is 5.39. The Labute approximate surface area is 100 Å². The largest absolute Gasteiger partial charge is 0.461 e. The first-order valence-corrected chi connectivity index (χ1v) is 5.39. The fraction of sp³-hybridized carbons (Fsp3) is 0.333. The SMILES string of the molecule is CCOC(=O)/C(=N/Nc1ccccc1)C(C)O. The van der Waals surface area contributed by atoms with Crippen molar-refractivity contribution in [2.75, 3.05) is 12.0 Å². The molecule has 0 aliphatic heterocycles. The van der Waals surface area contributed by atoms with Gasteiger partial charge in [0.15, 0.2) is 5.71 Å². The number of aliphatic hydroxyl groups is 1. The zero-order valence-electron chi connectivity index (χ0n) is 9.88. The molecule has 5 nitrogen and oxygen atoms in total. The van der Waals surface area contributed by atoms with E-state index < -0.39 is 12.1 Å². The van der Waals surface area contributed by atoms with Crippen molar-refractivity contribution in [3.05, 3.63) is 30.3 Å². The van der Waals surface area contributed by atoms with E-state index in [1.165, 1.54) is 6.92 Å². The van der Waals surface area contributed by atoms with Gasteiger partial charge >= 0.3 is 5.97 Å². The molecule has 2 N–H and O–H groups in total. The summed E-state index contributed by atoms with van der Waals surface area (Å²) in [5.74, 6) is -0.620. The molecule has 0 fully saturated rings. The number of rotatable bonds is 5. The van der Waals surface area contributed by atoms with Crippen LogP contribution in [0.3, 0.4) is 0 Å². The molecule has 5 heteroatoms. The molecule has 1 aromatic carbocycles. The van der Waals surface area contributed by atoms with Crippen molar-refractivity contribution in [3.8, 4) is 0 Å². The van der Waals surface area contributed by atoms with Crippen molar-refractivity contribution in [3.63, 3.8) is 0 Å². The topological polar surface area (TPSA) is 70.9 Å². The van der Waals surface area contributed by atoms with Gasteiger partial charge in [-0.3, -0.25) is 5.43 Å². The van der Waals surface area contributed by atoms with Crippen LogP contribution in [0, 0.1) is 0 Å². The zero-order valence-corrected chi connectivity index (χ0v) is 9.88. The van der Waals surface area contributed by atoms with E-state index in [1.54, 1.807) is 19.1 Å². The molecule has 0 radical (unpaired) electrons. The minimum Gasteiger partial charge on any atom is -0.461 e. The molecule has 0 aromatic heterocycles. The van der Waals surface area contributed by atoms with Crippen LogP contribution in [0.15, 0.2) is 35.4 Å². The number of esters is 1. The number of hydrogen-bond acceptors (Lipinski definition) is 5. The Morgan fingerprint density at radius 3 is 2.65 bits per heavy atom. The van der Waals surface area contributed by atoms with Crippen LogP contribution in [0.25, 0.3) is 0 Å². The van der Waals surface area contributed by atoms with Crippen LogP contribution < -0.4 is 5.43 Å². The van der Waals surface area contributed by atoms with Gasteiger partial charge in [-0.15, -0.1) is 0 Å². The number of benzene rings is 1. The number of carbonyl (C=O) groups excluding carboxylic acids is 1. The van der Waals surface area contributed by atoms with Gasteiger partial charge in [-0.05, 0) is 26.0 Å². The molecule has 0 saturated carbocycles. The molecule has 0 bridgehead atoms. The second-order valence-electron chi connectivity index (χ2n) is 3.37. The molecule has 0 aliphatic rings. The number of ether oxygens (including phenoxy) is 1. The van der Waals surface area contributed by atoms with Crippen LogP contribution >= 0.6 is 0 Å². The first-order chi connectivity index (χ1) is 8.15. The summed E-state index contributed by atoms with van der Waals surface area (Å²) in [6, 6.07) is 9.15. The maximum Gasteiger partial charge on any atom is 0.357 e. The Kier molecular flexibility index (Phi) is 5.16. The van der Waals surface area contributed by atoms with Crippen molar-refractivity contribution in [1.29, 1.82) is 0 Å². The number of hydrogen-bond donors (Lipinski definition) is 2. The summed E-state index contributed by atoms with van der Waals surface area (Å²) in [5.41, 5.74) is 3.38. The number of nitrogens with one attached hydrogen (secondary N) is 1. The zero-order chi connectivity index (χ0) is 12.7. The van der Waals surface area contributed by atoms with E-state index >= 15 is 0 Å². The van der Waals surface area contributed by atoms with E-state index in [-0.39, 0.29) is 12.3 Å². The normalized spacial score (nSPS) is 13.0. The third-order valence-electron chi connectivity index (χ3n) is 1.96. The summed E-state index contributed by atoms with van der Waals surface area (Å²) in [6.45, 7) is 3.40. The summed E-state index contributed by atoms with van der Waals surface area (Å²) in [6.07, 6.45) is -0.981. The summed E-state index contributed by atoms with van der Waals surface area (Å²) in [5, 5.41) is 13.3. The standard InChI is InChI=1S/C12H16N2O3/c1-3-17-12(16)11(9(2)15)14-13-10-7-5-4-6-8-10/h4-9,13,15H,3H2,1-2H3/b14-11+. The number of aliphatic hydroxyl groups excluding tert-OH is 1. The van der Waals surface area contributed by atoms with Crippen LogP contribution in [0.4, 0.5) is 5.69 Å². The molecule has 17 heavy (non-hydrogen) atoms. The van der Waals surface area contributed by atoms with Gasteiger partial charge in [-0.2, -0.15) is 5.10 Å². The van der Waals surface area contributed by atoms with Crippen LogP contribution in [0.2, 0.25) is 0 Å². The molecule has 0 amide bonds. The van der Waals surface area contributed by atoms with Gasteiger partial charge in [0.1, 0.15) is 6.10 Å². The Balaban J connectivity index is 2.74. The van der Waals surface area contributed by atoms with Gasteiger partial charge in [0.05, 0.1) is 12.3 Å². The third-order valence-corrected chi connectivity index (χ3v) is 1.96. The smallest absolute Gasteiger partial charge is 0.357 e. The molecule has 0 spiro atoms. The molecule has 1 atom stereocenters. The summed E-state index contributed by atoms with van der Waals surface area (Å²) in [4.78, 5) is 11.5. The van der Waals surface area contributed by atoms with Crippen molar-refractivity contribution >= 4 is 17.4 Å². The molecular formula is C12H16N2O3. The van der Waals surface area contributed by atoms with Crippen molar-refractivity contribution in [1.82, 2.24) is 0 Å². The van der Waals surface area contributed by atoms with Crippen molar-refractivity contribution < 1.29 is 14.6 Å². The maximum absolute atomic E-state index is 11.5. The number of para-hydroxylation sites is 1. The third kappa shape index (κ3) is 4.24. The fourth-order valence-corrected chi connectivity index (χ4v) is 1.15. The predicted octanol–water partition coefficient (Wildman–Crippen LogP) is 1.40. The van der Waals surface area contributed by atoms with E-state index in [0.29, 0.717) is 0 Å². The summed E-state index contributed by atoms with van der Waals surface area (Å²) < 4.78 is 4.78. The van der Waals surface area contributed by atoms with Crippen LogP contribution in [0.1, 0.15) is 13.8 Å². The van der Waals surface area contributed by atoms with Gasteiger partial charge in [-0.1, -0.05) is 18.2 Å². The van der Waals surface area contributed by atoms with E-state index in [4.69, 9.17) is 4.74 Å². The van der Waals surface area contributed by atoms with Gasteiger partial charge in [0.2, 0.25) is 0 Å². The molecule has 1 aromatic rings. The number of nitrogens with zero attached hydrogens (tertiary/aromatic N) is 1. The van der Waals surface area contributed by atoms with E-state index in [0.717, 1.165) is 5.69 Å². The highest BCUT2D eigenvalue weighted by Gasteiger charge is 2.18. The van der Waals surface area contributed by atoms with Gasteiger partial charge < -0.3 is 9.84 Å². The fourth-order valence-electron chi connectivity index (χ4n) is 1.15. The van der Waals surface area contributed by atoms with E-state index in [2.05, 4.69) is 10.5 Å². The Morgan fingerprint density at radius 1 is 1.47 bits per heavy atom. The maximum atomic E-state index is 11.5. The second kappa shape index (κ2) is 6.65. The quantitative estimate of drug-likeness (QED) is 0.460. The van der Waals surface area contributed by atoms with Crippen LogP contribution in [-0.2, 0) is 9.53 Å². The molecule has 1 unspecified atom stereocenters. The van der Waals surface area contributed by atoms with Gasteiger partial charge in [-0.25, -0.2) is 4.79 Å². The second-order valence-corrected chi connectivity index (χ2v) is 3.37. The lowest BCUT2D eigenvalue weighted by atomic mass is 10.2. The van der Waals surface area contributed by atoms with Crippen LogP contribution in [-0.4, -0.2) is 29.5 Å². The lowest BCUT2D eigenvalue weighted by Crippen LogP contribution is -2.29. The molecule has 0 saturated heterocycles. The highest BCUT2D eigenvalue weighted by atomic mass is 16.5.